The van der Waals surface area contributed by atoms with Gasteiger partial charge in [-0.25, -0.2) is 9.97 Å². The van der Waals surface area contributed by atoms with Crippen LogP contribution in [-0.4, -0.2) is 15.0 Å². The summed E-state index contributed by atoms with van der Waals surface area (Å²) in [6.07, 6.45) is 1.83. The van der Waals surface area contributed by atoms with Crippen molar-refractivity contribution in [2.75, 3.05) is 0 Å². The van der Waals surface area contributed by atoms with Crippen LogP contribution in [0.1, 0.15) is 0 Å². The van der Waals surface area contributed by atoms with E-state index in [1.165, 1.54) is 75.8 Å². The van der Waals surface area contributed by atoms with E-state index < -0.39 is 0 Å². The minimum Gasteiger partial charge on any atom is -0.256 e. The maximum Gasteiger partial charge on any atom is 0.160 e. The summed E-state index contributed by atoms with van der Waals surface area (Å²) in [5.41, 5.74) is 10.5. The molecule has 0 atom stereocenters. The summed E-state index contributed by atoms with van der Waals surface area (Å²) >= 11 is 0. The highest BCUT2D eigenvalue weighted by molar-refractivity contribution is 6.37. The number of benzene rings is 10. The maximum atomic E-state index is 5.09. The van der Waals surface area contributed by atoms with Crippen molar-refractivity contribution in [1.82, 2.24) is 15.0 Å². The Hall–Kier alpha value is -8.27. The molecule has 0 saturated heterocycles. The van der Waals surface area contributed by atoms with Gasteiger partial charge >= 0.3 is 0 Å². The highest BCUT2D eigenvalue weighted by Crippen LogP contribution is 2.44. The van der Waals surface area contributed by atoms with Crippen molar-refractivity contribution < 1.29 is 0 Å². The number of nitrogens with zero attached hydrogens (tertiary/aromatic N) is 3. The molecule has 0 saturated carbocycles. The van der Waals surface area contributed by atoms with Crippen LogP contribution < -0.4 is 0 Å². The van der Waals surface area contributed by atoms with Gasteiger partial charge in [0.05, 0.1) is 16.9 Å². The molecule has 0 spiro atoms. The number of fused-ring (bicyclic) bond motifs is 3. The SMILES string of the molecule is c1ccc(-c2nc(-c3ccc(-c4ccc(-c5cc6ccc7cccc8c9cccc%10ccc%11cccc(c(c5)c6c78)c%11c%109)cc4)cc3)cc(-c3ccc4ncccc4c3)n2)cc1. The van der Waals surface area contributed by atoms with E-state index in [0.29, 0.717) is 5.82 Å². The standard InChI is InChI=1S/C59H35N3/c1-2-8-43(9-3-1)59-61-53(35-54(62-59)45-29-30-52-44(32-45)13-7-31-60-52)39-23-21-37(22-24-39)36-17-19-38(20-18-36)47-33-46-28-27-42-11-5-15-49-48-14-4-10-40-25-26-41-12-6-16-50(57(41)55(40)48)51(34-47)58(46)56(42)49/h1-35H. The average molecular weight is 786 g/mol. The normalized spacial score (nSPS) is 11.9. The quantitative estimate of drug-likeness (QED) is 0.163. The first-order chi connectivity index (χ1) is 30.7. The van der Waals surface area contributed by atoms with Gasteiger partial charge in [0.1, 0.15) is 0 Å². The van der Waals surface area contributed by atoms with E-state index in [4.69, 9.17) is 9.97 Å². The highest BCUT2D eigenvalue weighted by Gasteiger charge is 2.17. The zero-order chi connectivity index (χ0) is 40.7. The van der Waals surface area contributed by atoms with E-state index in [9.17, 15) is 0 Å². The molecule has 0 aliphatic heterocycles. The van der Waals surface area contributed by atoms with Crippen molar-refractivity contribution >= 4 is 75.5 Å². The molecule has 0 fully saturated rings. The lowest BCUT2D eigenvalue weighted by Crippen LogP contribution is -1.96. The van der Waals surface area contributed by atoms with Crippen molar-refractivity contribution in [3.63, 3.8) is 0 Å². The molecular formula is C59H35N3. The monoisotopic (exact) mass is 785 g/mol. The Morgan fingerprint density at radius 1 is 0.258 bits per heavy atom. The summed E-state index contributed by atoms with van der Waals surface area (Å²) in [4.78, 5) is 14.7. The predicted molar refractivity (Wildman–Crippen MR) is 261 cm³/mol. The molecule has 0 amide bonds. The molecule has 0 N–H and O–H groups in total. The number of aromatic nitrogens is 3. The van der Waals surface area contributed by atoms with Crippen LogP contribution in [0.25, 0.3) is 132 Å². The summed E-state index contributed by atoms with van der Waals surface area (Å²) < 4.78 is 0. The summed E-state index contributed by atoms with van der Waals surface area (Å²) in [5.74, 6) is 0.699. The zero-order valence-electron chi connectivity index (χ0n) is 33.5. The minimum atomic E-state index is 0.699. The average Bonchev–Trinajstić information content (AvgIpc) is 3.35. The topological polar surface area (TPSA) is 38.7 Å². The summed E-state index contributed by atoms with van der Waals surface area (Å²) in [7, 11) is 0. The van der Waals surface area contributed by atoms with Gasteiger partial charge in [0.25, 0.3) is 0 Å². The zero-order valence-corrected chi connectivity index (χ0v) is 33.5. The summed E-state index contributed by atoms with van der Waals surface area (Å²) in [5, 5.41) is 16.6. The van der Waals surface area contributed by atoms with Crippen LogP contribution >= 0.6 is 0 Å². The second-order valence-corrected chi connectivity index (χ2v) is 16.4. The molecule has 286 valence electrons. The Labute approximate surface area is 357 Å². The lowest BCUT2D eigenvalue weighted by Gasteiger charge is -2.17. The molecule has 0 aliphatic rings. The molecule has 2 aromatic heterocycles. The Balaban J connectivity index is 0.906. The molecule has 3 nitrogen and oxygen atoms in total. The van der Waals surface area contributed by atoms with Gasteiger partial charge in [-0.3, -0.25) is 4.98 Å². The van der Waals surface area contributed by atoms with Gasteiger partial charge in [-0.05, 0) is 123 Å². The first kappa shape index (κ1) is 34.6. The molecule has 2 heterocycles. The molecule has 0 radical (unpaired) electrons. The molecule has 11 aromatic carbocycles. The van der Waals surface area contributed by atoms with Gasteiger partial charge < -0.3 is 0 Å². The van der Waals surface area contributed by atoms with Gasteiger partial charge in [-0.15, -0.1) is 0 Å². The van der Waals surface area contributed by atoms with Crippen molar-refractivity contribution in [2.24, 2.45) is 0 Å². The molecule has 62 heavy (non-hydrogen) atoms. The van der Waals surface area contributed by atoms with Crippen LogP contribution in [0.2, 0.25) is 0 Å². The Kier molecular flexibility index (Phi) is 7.60. The number of hydrogen-bond acceptors (Lipinski definition) is 3. The highest BCUT2D eigenvalue weighted by atomic mass is 14.9. The number of pyridine rings is 1. The van der Waals surface area contributed by atoms with Crippen LogP contribution in [-0.2, 0) is 0 Å². The van der Waals surface area contributed by atoms with E-state index in [1.54, 1.807) is 0 Å². The number of hydrogen-bond donors (Lipinski definition) is 0. The van der Waals surface area contributed by atoms with E-state index in [-0.39, 0.29) is 0 Å². The molecular weight excluding hydrogens is 751 g/mol. The fraction of sp³-hybridized carbons (Fsp3) is 0. The van der Waals surface area contributed by atoms with E-state index in [0.717, 1.165) is 50.1 Å². The van der Waals surface area contributed by atoms with Crippen LogP contribution in [0, 0.1) is 0 Å². The lowest BCUT2D eigenvalue weighted by atomic mass is 9.86. The fourth-order valence-electron chi connectivity index (χ4n) is 9.83. The van der Waals surface area contributed by atoms with Crippen LogP contribution in [0.15, 0.2) is 212 Å². The lowest BCUT2D eigenvalue weighted by molar-refractivity contribution is 1.18. The molecule has 0 aliphatic carbocycles. The third kappa shape index (κ3) is 5.49. The molecule has 0 unspecified atom stereocenters. The van der Waals surface area contributed by atoms with E-state index in [2.05, 4.69) is 187 Å². The van der Waals surface area contributed by atoms with Crippen LogP contribution in [0.4, 0.5) is 0 Å². The van der Waals surface area contributed by atoms with Gasteiger partial charge in [0.2, 0.25) is 0 Å². The third-order valence-electron chi connectivity index (χ3n) is 12.8. The Morgan fingerprint density at radius 2 is 0.742 bits per heavy atom. The minimum absolute atomic E-state index is 0.699. The summed E-state index contributed by atoms with van der Waals surface area (Å²) in [6, 6.07) is 74.7. The van der Waals surface area contributed by atoms with Crippen molar-refractivity contribution in [3.05, 3.63) is 212 Å². The predicted octanol–water partition coefficient (Wildman–Crippen LogP) is 15.7. The smallest absolute Gasteiger partial charge is 0.160 e. The number of rotatable bonds is 5. The largest absolute Gasteiger partial charge is 0.256 e. The fourth-order valence-corrected chi connectivity index (χ4v) is 9.83. The Bertz CT molecular complexity index is 3890. The van der Waals surface area contributed by atoms with Crippen molar-refractivity contribution in [3.8, 4) is 56.2 Å². The second kappa shape index (κ2) is 13.6. The summed E-state index contributed by atoms with van der Waals surface area (Å²) in [6.45, 7) is 0. The van der Waals surface area contributed by atoms with Gasteiger partial charge in [0.15, 0.2) is 5.82 Å². The van der Waals surface area contributed by atoms with Crippen molar-refractivity contribution in [1.29, 1.82) is 0 Å². The maximum absolute atomic E-state index is 5.09. The second-order valence-electron chi connectivity index (χ2n) is 16.4. The first-order valence-electron chi connectivity index (χ1n) is 21.2. The van der Waals surface area contributed by atoms with E-state index in [1.807, 2.05) is 30.5 Å². The molecule has 13 aromatic rings. The third-order valence-corrected chi connectivity index (χ3v) is 12.8. The molecule has 3 heteroatoms. The Morgan fingerprint density at radius 3 is 1.37 bits per heavy atom. The molecule has 0 bridgehead atoms. The van der Waals surface area contributed by atoms with Crippen LogP contribution in [0.5, 0.6) is 0 Å². The van der Waals surface area contributed by atoms with Gasteiger partial charge in [0, 0.05) is 28.3 Å². The van der Waals surface area contributed by atoms with E-state index >= 15 is 0 Å². The van der Waals surface area contributed by atoms with Gasteiger partial charge in [-0.2, -0.15) is 0 Å². The first-order valence-corrected chi connectivity index (χ1v) is 21.2. The van der Waals surface area contributed by atoms with Gasteiger partial charge in [-0.1, -0.05) is 170 Å². The van der Waals surface area contributed by atoms with Crippen molar-refractivity contribution in [2.45, 2.75) is 0 Å². The molecule has 13 rings (SSSR count). The van der Waals surface area contributed by atoms with Crippen LogP contribution in [0.3, 0.4) is 0 Å².